The zero-order valence-electron chi connectivity index (χ0n) is 10.1. The van der Waals surface area contributed by atoms with Gasteiger partial charge in [-0.1, -0.05) is 17.7 Å². The van der Waals surface area contributed by atoms with Crippen LogP contribution in [0.4, 0.5) is 0 Å². The number of hydrogen-bond donors (Lipinski definition) is 2. The molecule has 1 aromatic rings. The molecule has 98 valence electrons. The molecule has 2 rings (SSSR count). The highest BCUT2D eigenvalue weighted by Crippen LogP contribution is 2.26. The van der Waals surface area contributed by atoms with Gasteiger partial charge in [0, 0.05) is 16.6 Å². The molecular weight excluding hydrogens is 252 g/mol. The number of carbonyl (C=O) groups is 1. The van der Waals surface area contributed by atoms with Gasteiger partial charge in [0.1, 0.15) is 5.75 Å². The lowest BCUT2D eigenvalue weighted by Crippen LogP contribution is -2.30. The number of nitrogens with one attached hydrogen (secondary N) is 1. The Balaban J connectivity index is 1.94. The molecule has 1 saturated carbocycles. The molecule has 1 amide bonds. The van der Waals surface area contributed by atoms with E-state index in [-0.39, 0.29) is 12.5 Å². The van der Waals surface area contributed by atoms with Gasteiger partial charge in [0.05, 0.1) is 0 Å². The summed E-state index contributed by atoms with van der Waals surface area (Å²) in [5.74, 6) is 0.551. The third kappa shape index (κ3) is 3.62. The molecule has 0 unspecified atom stereocenters. The van der Waals surface area contributed by atoms with E-state index < -0.39 is 0 Å². The van der Waals surface area contributed by atoms with Crippen molar-refractivity contribution in [3.63, 3.8) is 0 Å². The summed E-state index contributed by atoms with van der Waals surface area (Å²) in [6.45, 7) is 0.517. The zero-order valence-corrected chi connectivity index (χ0v) is 10.9. The van der Waals surface area contributed by atoms with Crippen molar-refractivity contribution in [1.82, 2.24) is 5.32 Å². The van der Waals surface area contributed by atoms with E-state index in [4.69, 9.17) is 22.1 Å². The van der Waals surface area contributed by atoms with Crippen molar-refractivity contribution in [2.75, 3.05) is 13.2 Å². The van der Waals surface area contributed by atoms with Crippen LogP contribution in [0.2, 0.25) is 5.02 Å². The maximum Gasteiger partial charge on any atom is 0.258 e. The van der Waals surface area contributed by atoms with E-state index in [0.29, 0.717) is 29.8 Å². The first-order valence-corrected chi connectivity index (χ1v) is 6.48. The molecular formula is C13H17ClN2O2. The highest BCUT2D eigenvalue weighted by molar-refractivity contribution is 6.31. The SMILES string of the molecule is NCCc1c(Cl)cccc1OCC(=O)NC1CC1. The van der Waals surface area contributed by atoms with E-state index in [1.165, 1.54) is 0 Å². The van der Waals surface area contributed by atoms with E-state index in [2.05, 4.69) is 5.32 Å². The Morgan fingerprint density at radius 2 is 2.28 bits per heavy atom. The van der Waals surface area contributed by atoms with E-state index in [9.17, 15) is 4.79 Å². The van der Waals surface area contributed by atoms with Crippen molar-refractivity contribution in [1.29, 1.82) is 0 Å². The molecule has 0 aliphatic heterocycles. The molecule has 0 heterocycles. The summed E-state index contributed by atoms with van der Waals surface area (Å²) in [4.78, 5) is 11.5. The van der Waals surface area contributed by atoms with Crippen molar-refractivity contribution in [2.45, 2.75) is 25.3 Å². The van der Waals surface area contributed by atoms with Gasteiger partial charge in [0.25, 0.3) is 5.91 Å². The van der Waals surface area contributed by atoms with Crippen molar-refractivity contribution >= 4 is 17.5 Å². The second kappa shape index (κ2) is 6.07. The molecule has 1 fully saturated rings. The summed E-state index contributed by atoms with van der Waals surface area (Å²) in [5.41, 5.74) is 6.40. The molecule has 1 aliphatic carbocycles. The van der Waals surface area contributed by atoms with Gasteiger partial charge in [-0.25, -0.2) is 0 Å². The van der Waals surface area contributed by atoms with Crippen LogP contribution >= 0.6 is 11.6 Å². The molecule has 0 spiro atoms. The molecule has 0 aromatic heterocycles. The monoisotopic (exact) mass is 268 g/mol. The minimum absolute atomic E-state index is 0.0222. The van der Waals surface area contributed by atoms with Crippen LogP contribution in [0.1, 0.15) is 18.4 Å². The van der Waals surface area contributed by atoms with Gasteiger partial charge >= 0.3 is 0 Å². The minimum Gasteiger partial charge on any atom is -0.483 e. The first-order valence-electron chi connectivity index (χ1n) is 6.10. The molecule has 0 atom stereocenters. The molecule has 18 heavy (non-hydrogen) atoms. The zero-order chi connectivity index (χ0) is 13.0. The highest BCUT2D eigenvalue weighted by Gasteiger charge is 2.23. The van der Waals surface area contributed by atoms with Crippen molar-refractivity contribution in [2.24, 2.45) is 5.73 Å². The Labute approximate surface area is 111 Å². The summed E-state index contributed by atoms with van der Waals surface area (Å²) in [6.07, 6.45) is 2.78. The van der Waals surface area contributed by atoms with Crippen molar-refractivity contribution in [3.8, 4) is 5.75 Å². The molecule has 4 nitrogen and oxygen atoms in total. The number of hydrogen-bond acceptors (Lipinski definition) is 3. The minimum atomic E-state index is -0.0869. The quantitative estimate of drug-likeness (QED) is 0.822. The summed E-state index contributed by atoms with van der Waals surface area (Å²) >= 11 is 6.08. The number of amides is 1. The van der Waals surface area contributed by atoms with Gasteiger partial charge in [-0.2, -0.15) is 0 Å². The Morgan fingerprint density at radius 1 is 1.50 bits per heavy atom. The van der Waals surface area contributed by atoms with Crippen molar-refractivity contribution < 1.29 is 9.53 Å². The Hall–Kier alpha value is -1.26. The fraction of sp³-hybridized carbons (Fsp3) is 0.462. The van der Waals surface area contributed by atoms with E-state index in [1.807, 2.05) is 0 Å². The number of nitrogens with two attached hydrogens (primary N) is 1. The van der Waals surface area contributed by atoms with Gasteiger partial charge < -0.3 is 15.8 Å². The topological polar surface area (TPSA) is 64.3 Å². The average molecular weight is 269 g/mol. The number of ether oxygens (including phenoxy) is 1. The van der Waals surface area contributed by atoms with Crippen LogP contribution in [-0.2, 0) is 11.2 Å². The molecule has 0 bridgehead atoms. The van der Waals surface area contributed by atoms with Crippen LogP contribution in [0, 0.1) is 0 Å². The lowest BCUT2D eigenvalue weighted by atomic mass is 10.1. The van der Waals surface area contributed by atoms with Crippen LogP contribution < -0.4 is 15.8 Å². The van der Waals surface area contributed by atoms with Gasteiger partial charge in [0.15, 0.2) is 6.61 Å². The normalized spacial score (nSPS) is 14.3. The summed E-state index contributed by atoms with van der Waals surface area (Å²) in [5, 5.41) is 3.49. The molecule has 1 aromatic carbocycles. The maximum atomic E-state index is 11.5. The number of benzene rings is 1. The van der Waals surface area contributed by atoms with E-state index >= 15 is 0 Å². The third-order valence-electron chi connectivity index (χ3n) is 2.77. The number of carbonyl (C=O) groups excluding carboxylic acids is 1. The molecule has 5 heteroatoms. The predicted molar refractivity (Wildman–Crippen MR) is 70.9 cm³/mol. The standard InChI is InChI=1S/C13H17ClN2O2/c14-11-2-1-3-12(10(11)6-7-15)18-8-13(17)16-9-4-5-9/h1-3,9H,4-8,15H2,(H,16,17). The Bertz CT molecular complexity index is 433. The maximum absolute atomic E-state index is 11.5. The Kier molecular flexibility index (Phi) is 4.44. The van der Waals surface area contributed by atoms with Crippen LogP contribution in [0.5, 0.6) is 5.75 Å². The third-order valence-corrected chi connectivity index (χ3v) is 3.13. The molecule has 0 saturated heterocycles. The van der Waals surface area contributed by atoms with Crippen LogP contribution in [-0.4, -0.2) is 25.1 Å². The van der Waals surface area contributed by atoms with Gasteiger partial charge in [0.2, 0.25) is 0 Å². The first kappa shape index (κ1) is 13.2. The number of rotatable bonds is 6. The molecule has 0 radical (unpaired) electrons. The lowest BCUT2D eigenvalue weighted by molar-refractivity contribution is -0.123. The van der Waals surface area contributed by atoms with Gasteiger partial charge in [-0.05, 0) is 37.9 Å². The van der Waals surface area contributed by atoms with Crippen LogP contribution in [0.25, 0.3) is 0 Å². The second-order valence-electron chi connectivity index (χ2n) is 4.39. The Morgan fingerprint density at radius 3 is 2.94 bits per heavy atom. The van der Waals surface area contributed by atoms with Gasteiger partial charge in [-0.3, -0.25) is 4.79 Å². The summed E-state index contributed by atoms with van der Waals surface area (Å²) in [7, 11) is 0. The van der Waals surface area contributed by atoms with Crippen LogP contribution in [0.3, 0.4) is 0 Å². The summed E-state index contributed by atoms with van der Waals surface area (Å²) in [6, 6.07) is 5.76. The highest BCUT2D eigenvalue weighted by atomic mass is 35.5. The average Bonchev–Trinajstić information content (AvgIpc) is 3.14. The van der Waals surface area contributed by atoms with Gasteiger partial charge in [-0.15, -0.1) is 0 Å². The predicted octanol–water partition coefficient (Wildman–Crippen LogP) is 1.50. The van der Waals surface area contributed by atoms with E-state index in [0.717, 1.165) is 18.4 Å². The first-order chi connectivity index (χ1) is 8.70. The second-order valence-corrected chi connectivity index (χ2v) is 4.79. The lowest BCUT2D eigenvalue weighted by Gasteiger charge is -2.12. The largest absolute Gasteiger partial charge is 0.483 e. The van der Waals surface area contributed by atoms with Crippen molar-refractivity contribution in [3.05, 3.63) is 28.8 Å². The fourth-order valence-electron chi connectivity index (χ4n) is 1.70. The smallest absolute Gasteiger partial charge is 0.258 e. The fourth-order valence-corrected chi connectivity index (χ4v) is 1.96. The molecule has 1 aliphatic rings. The molecule has 3 N–H and O–H groups in total. The summed E-state index contributed by atoms with van der Waals surface area (Å²) < 4.78 is 5.51. The van der Waals surface area contributed by atoms with Crippen LogP contribution in [0.15, 0.2) is 18.2 Å². The van der Waals surface area contributed by atoms with E-state index in [1.54, 1.807) is 18.2 Å². The number of halogens is 1.